The second kappa shape index (κ2) is 21.8. The van der Waals surface area contributed by atoms with Crippen molar-refractivity contribution in [2.45, 2.75) is 101 Å². The van der Waals surface area contributed by atoms with Gasteiger partial charge in [0.2, 0.25) is 35.5 Å². The molecule has 2 atom stereocenters. The number of nitrogens with zero attached hydrogens (tertiary/aromatic N) is 2. The maximum atomic E-state index is 13.9. The molecule has 1 aliphatic carbocycles. The van der Waals surface area contributed by atoms with Crippen molar-refractivity contribution in [2.24, 2.45) is 5.73 Å². The number of pyridine rings is 1. The molecule has 1 aliphatic rings. The number of carbonyl (C=O) groups is 6. The molecule has 5 amide bonds. The number of primary amides is 1. The summed E-state index contributed by atoms with van der Waals surface area (Å²) >= 11 is 0. The zero-order valence-electron chi connectivity index (χ0n) is 33.0. The van der Waals surface area contributed by atoms with E-state index in [1.54, 1.807) is 24.5 Å². The molecular weight excluding hydrogens is 755 g/mol. The number of unbranched alkanes of at least 4 members (excludes halogenated alkanes) is 1. The van der Waals surface area contributed by atoms with Crippen molar-refractivity contribution in [1.29, 1.82) is 0 Å². The highest BCUT2D eigenvalue weighted by molar-refractivity contribution is 5.95. The number of nitrogens with two attached hydrogens (primary N) is 1. The number of aromatic amines is 1. The van der Waals surface area contributed by atoms with Crippen LogP contribution in [0.3, 0.4) is 0 Å². The molecule has 0 unspecified atom stereocenters. The second-order valence-corrected chi connectivity index (χ2v) is 14.8. The van der Waals surface area contributed by atoms with Gasteiger partial charge in [0.1, 0.15) is 17.6 Å². The minimum atomic E-state index is -1.27. The standard InChI is InChI=1S/C43H53N9O7/c44-41(59)43(24-5-1-6-25-43)52-40(58)35(14-8-15-38(55)56)49-39(57)34(13-4-7-27-46-36(53)22-19-30-10-9-26-45-28-30)48-37(54)23-18-29-16-20-31(21-17-29)47-42-50-32-11-2-3-12-33(32)51-42/h2-3,9-12,16-17,19-22,26,28,34-35H,1,4-8,13-15,18,23-25,27H2,(H2,44,59)(H,46,53)(H,48,54)(H,49,57)(H,52,58)(H,55,56)(H2,47,50,51)/b22-19+/t34-,35-/m0/s1. The Kier molecular flexibility index (Phi) is 16.1. The Morgan fingerprint density at radius 2 is 1.59 bits per heavy atom. The molecule has 0 saturated heterocycles. The summed E-state index contributed by atoms with van der Waals surface area (Å²) in [4.78, 5) is 88.9. The van der Waals surface area contributed by atoms with Crippen LogP contribution >= 0.6 is 0 Å². The summed E-state index contributed by atoms with van der Waals surface area (Å²) in [6, 6.07) is 16.6. The number of rotatable bonds is 22. The molecule has 0 bridgehead atoms. The molecule has 16 heteroatoms. The fraction of sp³-hybridized carbons (Fsp3) is 0.395. The first-order chi connectivity index (χ1) is 28.5. The van der Waals surface area contributed by atoms with Gasteiger partial charge in [-0.25, -0.2) is 4.98 Å². The lowest BCUT2D eigenvalue weighted by Gasteiger charge is -2.36. The number of aromatic nitrogens is 3. The summed E-state index contributed by atoms with van der Waals surface area (Å²) in [5.74, 6) is -3.07. The van der Waals surface area contributed by atoms with Crippen molar-refractivity contribution in [1.82, 2.24) is 36.2 Å². The molecule has 2 aromatic carbocycles. The largest absolute Gasteiger partial charge is 0.481 e. The predicted molar refractivity (Wildman–Crippen MR) is 223 cm³/mol. The molecule has 2 heterocycles. The molecule has 16 nitrogen and oxygen atoms in total. The van der Waals surface area contributed by atoms with Crippen LogP contribution in [0.5, 0.6) is 0 Å². The number of para-hydroxylation sites is 2. The van der Waals surface area contributed by atoms with Crippen LogP contribution in [0.4, 0.5) is 11.6 Å². The van der Waals surface area contributed by atoms with Gasteiger partial charge in [0.25, 0.3) is 0 Å². The van der Waals surface area contributed by atoms with E-state index in [9.17, 15) is 33.9 Å². The fourth-order valence-electron chi connectivity index (χ4n) is 7.00. The highest BCUT2D eigenvalue weighted by Crippen LogP contribution is 2.28. The summed E-state index contributed by atoms with van der Waals surface area (Å²) < 4.78 is 0. The number of carboxylic acid groups (broad SMARTS) is 1. The average Bonchev–Trinajstić information content (AvgIpc) is 3.64. The second-order valence-electron chi connectivity index (χ2n) is 14.8. The molecule has 0 spiro atoms. The number of imidazole rings is 1. The highest BCUT2D eigenvalue weighted by atomic mass is 16.4. The van der Waals surface area contributed by atoms with Gasteiger partial charge in [0, 0.05) is 43.5 Å². The van der Waals surface area contributed by atoms with Crippen LogP contribution in [0.1, 0.15) is 88.2 Å². The van der Waals surface area contributed by atoms with E-state index < -0.39 is 41.3 Å². The number of aliphatic carboxylic acids is 1. The van der Waals surface area contributed by atoms with Crippen LogP contribution in [-0.4, -0.2) is 79.7 Å². The quantitative estimate of drug-likeness (QED) is 0.0416. The summed E-state index contributed by atoms with van der Waals surface area (Å²) in [6.45, 7) is 0.315. The zero-order valence-corrected chi connectivity index (χ0v) is 33.0. The highest BCUT2D eigenvalue weighted by Gasteiger charge is 2.41. The van der Waals surface area contributed by atoms with E-state index in [-0.39, 0.29) is 43.9 Å². The van der Waals surface area contributed by atoms with Crippen molar-refractivity contribution in [3.8, 4) is 0 Å². The Morgan fingerprint density at radius 3 is 2.31 bits per heavy atom. The van der Waals surface area contributed by atoms with E-state index in [1.165, 1.54) is 6.08 Å². The molecular formula is C43H53N9O7. The fourth-order valence-corrected chi connectivity index (χ4v) is 7.00. The Hall–Kier alpha value is -6.58. The third-order valence-electron chi connectivity index (χ3n) is 10.3. The summed E-state index contributed by atoms with van der Waals surface area (Å²) in [6.07, 6.45) is 10.7. The minimum Gasteiger partial charge on any atom is -0.481 e. The zero-order chi connectivity index (χ0) is 42.0. The number of H-pyrrole nitrogens is 1. The van der Waals surface area contributed by atoms with Crippen LogP contribution in [0.15, 0.2) is 79.1 Å². The van der Waals surface area contributed by atoms with Crippen molar-refractivity contribution in [3.05, 3.63) is 90.3 Å². The lowest BCUT2D eigenvalue weighted by Crippen LogP contribution is -2.62. The topological polar surface area (TPSA) is 250 Å². The van der Waals surface area contributed by atoms with Crippen LogP contribution in [0.2, 0.25) is 0 Å². The van der Waals surface area contributed by atoms with Gasteiger partial charge in [-0.15, -0.1) is 0 Å². The number of benzene rings is 2. The van der Waals surface area contributed by atoms with E-state index in [4.69, 9.17) is 5.73 Å². The Morgan fingerprint density at radius 1 is 0.847 bits per heavy atom. The van der Waals surface area contributed by atoms with Gasteiger partial charge >= 0.3 is 5.97 Å². The number of anilines is 2. The van der Waals surface area contributed by atoms with Gasteiger partial charge in [0.15, 0.2) is 0 Å². The van der Waals surface area contributed by atoms with Crippen molar-refractivity contribution in [2.75, 3.05) is 11.9 Å². The normalized spacial score (nSPS) is 14.5. The van der Waals surface area contributed by atoms with Crippen LogP contribution in [0.25, 0.3) is 17.1 Å². The molecule has 312 valence electrons. The van der Waals surface area contributed by atoms with Gasteiger partial charge in [-0.3, -0.25) is 33.8 Å². The van der Waals surface area contributed by atoms with Crippen molar-refractivity contribution >= 4 is 64.3 Å². The molecule has 0 radical (unpaired) electrons. The molecule has 4 aromatic rings. The van der Waals surface area contributed by atoms with Gasteiger partial charge in [-0.2, -0.15) is 0 Å². The van der Waals surface area contributed by atoms with E-state index in [0.717, 1.165) is 34.3 Å². The first kappa shape index (κ1) is 43.5. The van der Waals surface area contributed by atoms with Gasteiger partial charge in [0.05, 0.1) is 11.0 Å². The van der Waals surface area contributed by atoms with Crippen LogP contribution < -0.4 is 32.3 Å². The molecule has 1 saturated carbocycles. The van der Waals surface area contributed by atoms with Crippen LogP contribution in [-0.2, 0) is 35.2 Å². The number of hydrogen-bond acceptors (Lipinski definition) is 9. The molecule has 1 fully saturated rings. The monoisotopic (exact) mass is 807 g/mol. The number of carboxylic acids is 1. The van der Waals surface area contributed by atoms with E-state index in [0.29, 0.717) is 57.4 Å². The lowest BCUT2D eigenvalue weighted by atomic mass is 9.80. The van der Waals surface area contributed by atoms with Gasteiger partial charge in [-0.1, -0.05) is 49.6 Å². The smallest absolute Gasteiger partial charge is 0.303 e. The maximum Gasteiger partial charge on any atom is 0.303 e. The minimum absolute atomic E-state index is 0.0147. The third-order valence-corrected chi connectivity index (χ3v) is 10.3. The van der Waals surface area contributed by atoms with E-state index >= 15 is 0 Å². The number of amides is 5. The Labute approximate surface area is 342 Å². The molecule has 2 aromatic heterocycles. The molecule has 5 rings (SSSR count). The van der Waals surface area contributed by atoms with Crippen LogP contribution in [0, 0.1) is 0 Å². The van der Waals surface area contributed by atoms with Crippen molar-refractivity contribution < 1.29 is 33.9 Å². The molecule has 0 aliphatic heterocycles. The van der Waals surface area contributed by atoms with E-state index in [1.807, 2.05) is 54.6 Å². The Balaban J connectivity index is 1.20. The third kappa shape index (κ3) is 13.8. The summed E-state index contributed by atoms with van der Waals surface area (Å²) in [7, 11) is 0. The summed E-state index contributed by atoms with van der Waals surface area (Å²) in [5, 5.41) is 23.7. The number of fused-ring (bicyclic) bond motifs is 1. The predicted octanol–water partition coefficient (Wildman–Crippen LogP) is 4.16. The maximum absolute atomic E-state index is 13.9. The van der Waals surface area contributed by atoms with Gasteiger partial charge < -0.3 is 42.4 Å². The number of nitrogens with one attached hydrogen (secondary N) is 6. The van der Waals surface area contributed by atoms with E-state index in [2.05, 4.69) is 41.5 Å². The SMILES string of the molecule is NC(=O)C1(NC(=O)[C@H](CCCC(=O)O)NC(=O)[C@H](CCCCNC(=O)/C=C/c2cccnc2)NC(=O)CCc2ccc(Nc3nc4ccccc4[nH]3)cc2)CCCCC1. The summed E-state index contributed by atoms with van der Waals surface area (Å²) in [5.41, 5.74) is 8.72. The molecule has 9 N–H and O–H groups in total. The molecule has 59 heavy (non-hydrogen) atoms. The average molecular weight is 808 g/mol. The number of aryl methyl sites for hydroxylation is 1. The Bertz CT molecular complexity index is 2050. The number of hydrogen-bond donors (Lipinski definition) is 8. The first-order valence-corrected chi connectivity index (χ1v) is 20.1. The van der Waals surface area contributed by atoms with Crippen molar-refractivity contribution in [3.63, 3.8) is 0 Å². The first-order valence-electron chi connectivity index (χ1n) is 20.1. The van der Waals surface area contributed by atoms with Gasteiger partial charge in [-0.05, 0) is 98.9 Å². The number of carbonyl (C=O) groups excluding carboxylic acids is 5. The lowest BCUT2D eigenvalue weighted by molar-refractivity contribution is -0.138.